The van der Waals surface area contributed by atoms with Crippen LogP contribution in [0.2, 0.25) is 10.0 Å². The summed E-state index contributed by atoms with van der Waals surface area (Å²) in [4.78, 5) is 0. The Hall–Kier alpha value is -1.29. The van der Waals surface area contributed by atoms with Gasteiger partial charge >= 0.3 is 0 Å². The van der Waals surface area contributed by atoms with Crippen molar-refractivity contribution in [2.45, 2.75) is 13.2 Å². The van der Waals surface area contributed by atoms with Crippen molar-refractivity contribution in [2.24, 2.45) is 5.73 Å². The smallest absolute Gasteiger partial charge is 0.139 e. The van der Waals surface area contributed by atoms with E-state index in [1.165, 1.54) is 12.1 Å². The van der Waals surface area contributed by atoms with Gasteiger partial charge in [-0.25, -0.2) is 4.39 Å². The van der Waals surface area contributed by atoms with Crippen LogP contribution >= 0.6 is 23.2 Å². The predicted octanol–water partition coefficient (Wildman–Crippen LogP) is 4.17. The minimum atomic E-state index is -0.334. The molecule has 0 aliphatic rings. The van der Waals surface area contributed by atoms with Gasteiger partial charge in [-0.2, -0.15) is 0 Å². The Morgan fingerprint density at radius 3 is 2.58 bits per heavy atom. The van der Waals surface area contributed by atoms with Gasteiger partial charge in [-0.05, 0) is 35.4 Å². The molecule has 19 heavy (non-hydrogen) atoms. The van der Waals surface area contributed by atoms with Crippen LogP contribution in [0.5, 0.6) is 5.75 Å². The molecule has 0 aromatic heterocycles. The zero-order valence-electron chi connectivity index (χ0n) is 10.00. The fraction of sp³-hybridized carbons (Fsp3) is 0.143. The first-order chi connectivity index (χ1) is 9.10. The first-order valence-electron chi connectivity index (χ1n) is 5.65. The van der Waals surface area contributed by atoms with Crippen LogP contribution in [-0.4, -0.2) is 0 Å². The number of hydrogen-bond acceptors (Lipinski definition) is 2. The van der Waals surface area contributed by atoms with Crippen LogP contribution in [0.15, 0.2) is 36.4 Å². The molecule has 0 radical (unpaired) electrons. The van der Waals surface area contributed by atoms with Gasteiger partial charge in [0.1, 0.15) is 23.2 Å². The van der Waals surface area contributed by atoms with Crippen molar-refractivity contribution in [3.8, 4) is 5.75 Å². The van der Waals surface area contributed by atoms with E-state index in [-0.39, 0.29) is 19.0 Å². The lowest BCUT2D eigenvalue weighted by molar-refractivity contribution is 0.305. The molecule has 0 bridgehead atoms. The molecule has 0 fully saturated rings. The number of halogens is 3. The largest absolute Gasteiger partial charge is 0.487 e. The van der Waals surface area contributed by atoms with E-state index in [9.17, 15) is 4.39 Å². The molecule has 0 atom stereocenters. The molecular weight excluding hydrogens is 288 g/mol. The van der Waals surface area contributed by atoms with E-state index in [1.54, 1.807) is 24.3 Å². The van der Waals surface area contributed by atoms with Gasteiger partial charge in [-0.15, -0.1) is 0 Å². The Labute approximate surface area is 120 Å². The Kier molecular flexibility index (Phi) is 4.64. The third-order valence-corrected chi connectivity index (χ3v) is 3.37. The van der Waals surface area contributed by atoms with Gasteiger partial charge in [0.05, 0.1) is 5.02 Å². The van der Waals surface area contributed by atoms with Crippen LogP contribution < -0.4 is 10.5 Å². The van der Waals surface area contributed by atoms with Crippen molar-refractivity contribution in [3.05, 3.63) is 63.4 Å². The molecule has 100 valence electrons. The Balaban J connectivity index is 2.14. The molecule has 0 heterocycles. The molecule has 2 rings (SSSR count). The Morgan fingerprint density at radius 1 is 1.11 bits per heavy atom. The summed E-state index contributed by atoms with van der Waals surface area (Å²) < 4.78 is 18.9. The number of rotatable bonds is 4. The molecule has 2 nitrogen and oxygen atoms in total. The van der Waals surface area contributed by atoms with Crippen LogP contribution in [0.4, 0.5) is 4.39 Å². The Morgan fingerprint density at radius 2 is 1.84 bits per heavy atom. The summed E-state index contributed by atoms with van der Waals surface area (Å²) in [5.74, 6) is 0.131. The summed E-state index contributed by atoms with van der Waals surface area (Å²) in [6, 6.07) is 9.71. The van der Waals surface area contributed by atoms with E-state index in [4.69, 9.17) is 33.7 Å². The molecule has 2 aromatic carbocycles. The van der Waals surface area contributed by atoms with Gasteiger partial charge in [0.2, 0.25) is 0 Å². The number of hydrogen-bond donors (Lipinski definition) is 1. The average molecular weight is 300 g/mol. The van der Waals surface area contributed by atoms with Gasteiger partial charge in [-0.3, -0.25) is 0 Å². The summed E-state index contributed by atoms with van der Waals surface area (Å²) in [5.41, 5.74) is 6.90. The molecule has 0 saturated heterocycles. The topological polar surface area (TPSA) is 35.2 Å². The summed E-state index contributed by atoms with van der Waals surface area (Å²) in [6.45, 7) is 0.480. The maximum atomic E-state index is 13.3. The second kappa shape index (κ2) is 6.24. The van der Waals surface area contributed by atoms with Crippen LogP contribution in [0.1, 0.15) is 11.1 Å². The number of ether oxygens (including phenoxy) is 1. The highest BCUT2D eigenvalue weighted by Crippen LogP contribution is 2.31. The van der Waals surface area contributed by atoms with Gasteiger partial charge in [0.25, 0.3) is 0 Å². The molecule has 0 amide bonds. The monoisotopic (exact) mass is 299 g/mol. The fourth-order valence-corrected chi connectivity index (χ4v) is 2.02. The molecule has 0 aliphatic carbocycles. The second-order valence-electron chi connectivity index (χ2n) is 4.01. The third kappa shape index (κ3) is 3.60. The first-order valence-corrected chi connectivity index (χ1v) is 6.41. The van der Waals surface area contributed by atoms with Crippen molar-refractivity contribution >= 4 is 23.2 Å². The van der Waals surface area contributed by atoms with Gasteiger partial charge in [0, 0.05) is 6.54 Å². The molecule has 0 unspecified atom stereocenters. The third-order valence-electron chi connectivity index (χ3n) is 2.56. The van der Waals surface area contributed by atoms with E-state index in [2.05, 4.69) is 0 Å². The SMILES string of the molecule is NCc1cc(F)cc(COc2cccc(Cl)c2Cl)c1. The standard InChI is InChI=1S/C14H12Cl2FNO/c15-12-2-1-3-13(14(12)16)19-8-10-4-9(7-18)5-11(17)6-10/h1-6H,7-8,18H2. The van der Waals surface area contributed by atoms with Crippen LogP contribution in [0.3, 0.4) is 0 Å². The van der Waals surface area contributed by atoms with Crippen molar-refractivity contribution < 1.29 is 9.13 Å². The van der Waals surface area contributed by atoms with Gasteiger partial charge in [0.15, 0.2) is 0 Å². The van der Waals surface area contributed by atoms with Crippen molar-refractivity contribution in [3.63, 3.8) is 0 Å². The minimum absolute atomic E-state index is 0.199. The van der Waals surface area contributed by atoms with E-state index in [0.717, 1.165) is 5.56 Å². The van der Waals surface area contributed by atoms with Gasteiger partial charge < -0.3 is 10.5 Å². The van der Waals surface area contributed by atoms with Crippen LogP contribution in [0.25, 0.3) is 0 Å². The molecule has 5 heteroatoms. The maximum absolute atomic E-state index is 13.3. The van der Waals surface area contributed by atoms with E-state index in [0.29, 0.717) is 21.4 Å². The fourth-order valence-electron chi connectivity index (χ4n) is 1.68. The molecule has 0 spiro atoms. The highest BCUT2D eigenvalue weighted by molar-refractivity contribution is 6.42. The maximum Gasteiger partial charge on any atom is 0.139 e. The van der Waals surface area contributed by atoms with Crippen molar-refractivity contribution in [1.29, 1.82) is 0 Å². The number of nitrogens with two attached hydrogens (primary N) is 1. The van der Waals surface area contributed by atoms with E-state index >= 15 is 0 Å². The number of benzene rings is 2. The van der Waals surface area contributed by atoms with Gasteiger partial charge in [-0.1, -0.05) is 35.3 Å². The molecule has 0 aliphatic heterocycles. The normalized spacial score (nSPS) is 10.5. The molecule has 0 saturated carbocycles. The zero-order chi connectivity index (χ0) is 13.8. The molecule has 2 aromatic rings. The summed E-state index contributed by atoms with van der Waals surface area (Å²) >= 11 is 11.9. The highest BCUT2D eigenvalue weighted by atomic mass is 35.5. The van der Waals surface area contributed by atoms with E-state index in [1.807, 2.05) is 0 Å². The summed E-state index contributed by atoms with van der Waals surface area (Å²) in [5, 5.41) is 0.765. The van der Waals surface area contributed by atoms with Crippen molar-refractivity contribution in [1.82, 2.24) is 0 Å². The van der Waals surface area contributed by atoms with Crippen LogP contribution in [-0.2, 0) is 13.2 Å². The molecule has 2 N–H and O–H groups in total. The minimum Gasteiger partial charge on any atom is -0.487 e. The van der Waals surface area contributed by atoms with Crippen LogP contribution in [0, 0.1) is 5.82 Å². The van der Waals surface area contributed by atoms with Crippen molar-refractivity contribution in [2.75, 3.05) is 0 Å². The quantitative estimate of drug-likeness (QED) is 0.919. The van der Waals surface area contributed by atoms with E-state index < -0.39 is 0 Å². The lowest BCUT2D eigenvalue weighted by atomic mass is 10.1. The lowest BCUT2D eigenvalue weighted by Gasteiger charge is -2.10. The predicted molar refractivity (Wildman–Crippen MR) is 75.1 cm³/mol. The zero-order valence-corrected chi connectivity index (χ0v) is 11.5. The Bertz CT molecular complexity index is 590. The lowest BCUT2D eigenvalue weighted by Crippen LogP contribution is -2.01. The molecular formula is C14H12Cl2FNO. The highest BCUT2D eigenvalue weighted by Gasteiger charge is 2.06. The second-order valence-corrected chi connectivity index (χ2v) is 4.80. The average Bonchev–Trinajstić information content (AvgIpc) is 2.40. The summed E-state index contributed by atoms with van der Waals surface area (Å²) in [7, 11) is 0. The summed E-state index contributed by atoms with van der Waals surface area (Å²) in [6.07, 6.45) is 0. The first kappa shape index (κ1) is 14.1.